The van der Waals surface area contributed by atoms with Crippen molar-refractivity contribution in [1.29, 1.82) is 0 Å². The molecule has 26 heavy (non-hydrogen) atoms. The summed E-state index contributed by atoms with van der Waals surface area (Å²) < 4.78 is -0.781. The van der Waals surface area contributed by atoms with Crippen LogP contribution in [0.4, 0.5) is 0 Å². The number of β-lactam (4-membered cyclic amide) rings is 1. The van der Waals surface area contributed by atoms with Crippen LogP contribution in [0, 0.1) is 6.92 Å². The largest absolute Gasteiger partial charge is 0.480 e. The van der Waals surface area contributed by atoms with Gasteiger partial charge in [-0.3, -0.25) is 14.4 Å². The van der Waals surface area contributed by atoms with Crippen molar-refractivity contribution in [3.63, 3.8) is 0 Å². The molecule has 2 amide bonds. The van der Waals surface area contributed by atoms with E-state index in [9.17, 15) is 24.3 Å². The third kappa shape index (κ3) is 2.35. The molecular formula is C18H20N2O5S. The summed E-state index contributed by atoms with van der Waals surface area (Å²) in [4.78, 5) is 50.9. The smallest absolute Gasteiger partial charge is 0.327 e. The van der Waals surface area contributed by atoms with Crippen molar-refractivity contribution < 1.29 is 24.3 Å². The first-order chi connectivity index (χ1) is 12.0. The van der Waals surface area contributed by atoms with Crippen molar-refractivity contribution in [1.82, 2.24) is 10.2 Å². The SMILES string of the molecule is CC(=O)[C@]1(NC(=O)c2ccccc2C)C(=O)N2[C@@H](C(=O)O)C(C)(C)S[C@@H]21. The van der Waals surface area contributed by atoms with Gasteiger partial charge >= 0.3 is 5.97 Å². The van der Waals surface area contributed by atoms with Crippen LogP contribution in [0.3, 0.4) is 0 Å². The number of carboxylic acids is 1. The van der Waals surface area contributed by atoms with E-state index in [0.29, 0.717) is 5.56 Å². The molecule has 0 unspecified atom stereocenters. The Labute approximate surface area is 155 Å². The normalized spacial score (nSPS) is 28.9. The van der Waals surface area contributed by atoms with Crippen molar-refractivity contribution in [3.8, 4) is 0 Å². The Morgan fingerprint density at radius 2 is 1.85 bits per heavy atom. The molecule has 2 aliphatic heterocycles. The molecule has 3 atom stereocenters. The van der Waals surface area contributed by atoms with Gasteiger partial charge in [-0.25, -0.2) is 4.79 Å². The molecule has 3 rings (SSSR count). The molecule has 0 spiro atoms. The van der Waals surface area contributed by atoms with Crippen molar-refractivity contribution >= 4 is 35.3 Å². The fraction of sp³-hybridized carbons (Fsp3) is 0.444. The summed E-state index contributed by atoms with van der Waals surface area (Å²) in [5.74, 6) is -2.81. The van der Waals surface area contributed by atoms with E-state index in [4.69, 9.17) is 0 Å². The van der Waals surface area contributed by atoms with E-state index in [2.05, 4.69) is 5.32 Å². The summed E-state index contributed by atoms with van der Waals surface area (Å²) in [6.07, 6.45) is 0. The van der Waals surface area contributed by atoms with Crippen LogP contribution in [0.1, 0.15) is 36.7 Å². The molecule has 138 valence electrons. The van der Waals surface area contributed by atoms with E-state index in [1.165, 1.54) is 23.6 Å². The first kappa shape index (κ1) is 18.4. The average molecular weight is 376 g/mol. The van der Waals surface area contributed by atoms with E-state index in [1.807, 2.05) is 0 Å². The van der Waals surface area contributed by atoms with Crippen molar-refractivity contribution in [3.05, 3.63) is 35.4 Å². The van der Waals surface area contributed by atoms with E-state index >= 15 is 0 Å². The predicted octanol–water partition coefficient (Wildman–Crippen LogP) is 1.20. The summed E-state index contributed by atoms with van der Waals surface area (Å²) >= 11 is 1.22. The van der Waals surface area contributed by atoms with Crippen LogP contribution >= 0.6 is 11.8 Å². The third-order valence-corrected chi connectivity index (χ3v) is 6.67. The van der Waals surface area contributed by atoms with Crippen LogP contribution in [0.25, 0.3) is 0 Å². The number of carbonyl (C=O) groups is 4. The Balaban J connectivity index is 1.98. The second kappa shape index (κ2) is 5.84. The molecule has 2 aliphatic rings. The van der Waals surface area contributed by atoms with Gasteiger partial charge in [-0.05, 0) is 39.3 Å². The summed E-state index contributed by atoms with van der Waals surface area (Å²) in [7, 11) is 0. The van der Waals surface area contributed by atoms with Crippen LogP contribution in [-0.2, 0) is 14.4 Å². The number of Topliss-reactive ketones (excluding diaryl/α,β-unsaturated/α-hetero) is 1. The number of carboxylic acid groups (broad SMARTS) is 1. The highest BCUT2D eigenvalue weighted by atomic mass is 32.2. The minimum absolute atomic E-state index is 0.372. The number of aliphatic carboxylic acids is 1. The molecule has 2 fully saturated rings. The molecule has 8 heteroatoms. The zero-order chi connectivity index (χ0) is 19.4. The number of nitrogens with zero attached hydrogens (tertiary/aromatic N) is 1. The summed E-state index contributed by atoms with van der Waals surface area (Å²) in [6, 6.07) is 5.82. The maximum atomic E-state index is 12.9. The molecule has 0 bridgehead atoms. The van der Waals surface area contributed by atoms with Crippen molar-refractivity contribution in [2.45, 2.75) is 49.4 Å². The highest BCUT2D eigenvalue weighted by Crippen LogP contribution is 2.55. The maximum Gasteiger partial charge on any atom is 0.327 e. The summed E-state index contributed by atoms with van der Waals surface area (Å²) in [5.41, 5.74) is -0.641. The number of carbonyl (C=O) groups excluding carboxylic acids is 3. The number of hydrogen-bond acceptors (Lipinski definition) is 5. The lowest BCUT2D eigenvalue weighted by atomic mass is 9.81. The number of rotatable bonds is 4. The fourth-order valence-corrected chi connectivity index (χ4v) is 5.41. The number of nitrogens with one attached hydrogen (secondary N) is 1. The van der Waals surface area contributed by atoms with Gasteiger partial charge in [0.25, 0.3) is 11.8 Å². The van der Waals surface area contributed by atoms with Crippen LogP contribution in [0.15, 0.2) is 24.3 Å². The van der Waals surface area contributed by atoms with Gasteiger partial charge in [0.15, 0.2) is 5.78 Å². The number of thioether (sulfide) groups is 1. The highest BCUT2D eigenvalue weighted by Gasteiger charge is 2.74. The Hall–Kier alpha value is -2.35. The highest BCUT2D eigenvalue weighted by molar-refractivity contribution is 8.01. The van der Waals surface area contributed by atoms with Gasteiger partial charge in [0.1, 0.15) is 11.4 Å². The van der Waals surface area contributed by atoms with Gasteiger partial charge in [-0.15, -0.1) is 11.8 Å². The topological polar surface area (TPSA) is 104 Å². The van der Waals surface area contributed by atoms with Gasteiger partial charge in [0.2, 0.25) is 5.54 Å². The van der Waals surface area contributed by atoms with Crippen molar-refractivity contribution in [2.24, 2.45) is 0 Å². The number of fused-ring (bicyclic) bond motifs is 1. The van der Waals surface area contributed by atoms with E-state index < -0.39 is 45.3 Å². The first-order valence-corrected chi connectivity index (χ1v) is 9.04. The molecule has 0 aliphatic carbocycles. The number of amides is 2. The number of benzene rings is 1. The van der Waals surface area contributed by atoms with E-state index in [0.717, 1.165) is 5.56 Å². The second-order valence-electron chi connectivity index (χ2n) is 7.16. The Morgan fingerprint density at radius 3 is 2.38 bits per heavy atom. The van der Waals surface area contributed by atoms with E-state index in [1.54, 1.807) is 45.0 Å². The predicted molar refractivity (Wildman–Crippen MR) is 95.8 cm³/mol. The average Bonchev–Trinajstić information content (AvgIpc) is 2.81. The summed E-state index contributed by atoms with van der Waals surface area (Å²) in [5, 5.41) is 11.4. The van der Waals surface area contributed by atoms with Crippen LogP contribution < -0.4 is 5.32 Å². The molecule has 1 aromatic rings. The molecule has 7 nitrogen and oxygen atoms in total. The zero-order valence-corrected chi connectivity index (χ0v) is 15.7. The lowest BCUT2D eigenvalue weighted by Crippen LogP contribution is -2.82. The lowest BCUT2D eigenvalue weighted by molar-refractivity contribution is -0.170. The van der Waals surface area contributed by atoms with Gasteiger partial charge in [0.05, 0.1) is 0 Å². The maximum absolute atomic E-state index is 12.9. The van der Waals surface area contributed by atoms with Gasteiger partial charge in [-0.1, -0.05) is 18.2 Å². The van der Waals surface area contributed by atoms with Crippen LogP contribution in [0.2, 0.25) is 0 Å². The zero-order valence-electron chi connectivity index (χ0n) is 14.9. The number of hydrogen-bond donors (Lipinski definition) is 2. The third-order valence-electron chi connectivity index (χ3n) is 5.04. The molecule has 0 aromatic heterocycles. The lowest BCUT2D eigenvalue weighted by Gasteiger charge is -2.51. The second-order valence-corrected chi connectivity index (χ2v) is 8.89. The molecule has 2 saturated heterocycles. The Kier molecular flexibility index (Phi) is 4.14. The van der Waals surface area contributed by atoms with Gasteiger partial charge in [-0.2, -0.15) is 0 Å². The summed E-state index contributed by atoms with van der Waals surface area (Å²) in [6.45, 7) is 6.44. The van der Waals surface area contributed by atoms with Crippen LogP contribution in [0.5, 0.6) is 0 Å². The van der Waals surface area contributed by atoms with Gasteiger partial charge < -0.3 is 15.3 Å². The minimum atomic E-state index is -1.73. The van der Waals surface area contributed by atoms with Gasteiger partial charge in [0, 0.05) is 10.3 Å². The molecule has 0 radical (unpaired) electrons. The van der Waals surface area contributed by atoms with E-state index in [-0.39, 0.29) is 0 Å². The molecule has 2 N–H and O–H groups in total. The number of ketones is 1. The molecule has 0 saturated carbocycles. The molecular weight excluding hydrogens is 356 g/mol. The number of aryl methyl sites for hydroxylation is 1. The van der Waals surface area contributed by atoms with Crippen LogP contribution in [-0.4, -0.2) is 55.3 Å². The molecule has 2 heterocycles. The van der Waals surface area contributed by atoms with Crippen molar-refractivity contribution in [2.75, 3.05) is 0 Å². The standard InChI is InChI=1S/C18H20N2O5S/c1-9-7-5-6-8-11(9)13(22)19-18(10(2)21)15(25)20-12(14(23)24)17(3,4)26-16(18)20/h5-8,12,16H,1-4H3,(H,19,22)(H,23,24)/t12-,16+,18-/m0/s1. The monoisotopic (exact) mass is 376 g/mol. The fourth-order valence-electron chi connectivity index (χ4n) is 3.66. The molecule has 1 aromatic carbocycles. The first-order valence-electron chi connectivity index (χ1n) is 8.16. The minimum Gasteiger partial charge on any atom is -0.480 e. The Morgan fingerprint density at radius 1 is 1.23 bits per heavy atom. The Bertz CT molecular complexity index is 837. The quantitative estimate of drug-likeness (QED) is 0.604.